The van der Waals surface area contributed by atoms with Crippen LogP contribution in [0.1, 0.15) is 54.0 Å². The van der Waals surface area contributed by atoms with Gasteiger partial charge in [-0.15, -0.1) is 0 Å². The number of phenols is 1. The van der Waals surface area contributed by atoms with Gasteiger partial charge in [-0.25, -0.2) is 4.98 Å². The van der Waals surface area contributed by atoms with Crippen molar-refractivity contribution in [1.29, 1.82) is 0 Å². The molecule has 2 heterocycles. The number of piperazine rings is 1. The van der Waals surface area contributed by atoms with Crippen LogP contribution in [-0.2, 0) is 10.2 Å². The number of hydrogen-bond donors (Lipinski definition) is 2. The molecule has 1 aromatic heterocycles. The molecule has 3 aromatic rings. The molecular weight excluding hydrogens is 508 g/mol. The SMILES string of the molecule is CC(=O)N1CCN(C(=O)c2cc(Sc3cnc(NC(=O)c4ccc(C(C)(C)C)cc4)s3)ccc2O)CC1. The third kappa shape index (κ3) is 6.50. The highest BCUT2D eigenvalue weighted by Crippen LogP contribution is 2.36. The Morgan fingerprint density at radius 3 is 2.27 bits per heavy atom. The zero-order valence-electron chi connectivity index (χ0n) is 21.3. The minimum atomic E-state index is -0.266. The summed E-state index contributed by atoms with van der Waals surface area (Å²) < 4.78 is 0.831. The van der Waals surface area contributed by atoms with Gasteiger partial charge in [0, 0.05) is 43.6 Å². The van der Waals surface area contributed by atoms with Crippen LogP contribution in [0.2, 0.25) is 0 Å². The van der Waals surface area contributed by atoms with Gasteiger partial charge in [-0.05, 0) is 41.3 Å². The van der Waals surface area contributed by atoms with Crippen LogP contribution in [0.4, 0.5) is 5.13 Å². The van der Waals surface area contributed by atoms with Gasteiger partial charge in [0.25, 0.3) is 11.8 Å². The Hall–Kier alpha value is -3.37. The lowest BCUT2D eigenvalue weighted by Gasteiger charge is -2.34. The lowest BCUT2D eigenvalue weighted by atomic mass is 9.87. The Bertz CT molecular complexity index is 1310. The highest BCUT2D eigenvalue weighted by atomic mass is 32.2. The van der Waals surface area contributed by atoms with Gasteiger partial charge in [-0.3, -0.25) is 19.7 Å². The Labute approximate surface area is 224 Å². The molecule has 10 heteroatoms. The highest BCUT2D eigenvalue weighted by Gasteiger charge is 2.25. The maximum atomic E-state index is 13.0. The third-order valence-electron chi connectivity index (χ3n) is 6.15. The number of carbonyl (C=O) groups excluding carboxylic acids is 3. The molecule has 8 nitrogen and oxygen atoms in total. The fraction of sp³-hybridized carbons (Fsp3) is 0.333. The van der Waals surface area contributed by atoms with E-state index in [1.54, 1.807) is 28.1 Å². The molecule has 194 valence electrons. The van der Waals surface area contributed by atoms with Crippen molar-refractivity contribution in [2.45, 2.75) is 42.2 Å². The number of nitrogens with zero attached hydrogens (tertiary/aromatic N) is 3. The second kappa shape index (κ2) is 10.9. The van der Waals surface area contributed by atoms with Crippen LogP contribution in [0.5, 0.6) is 5.75 Å². The van der Waals surface area contributed by atoms with Gasteiger partial charge in [0.05, 0.1) is 16.0 Å². The molecule has 1 aliphatic heterocycles. The first kappa shape index (κ1) is 26.7. The number of aromatic nitrogens is 1. The molecule has 0 unspecified atom stereocenters. The summed E-state index contributed by atoms with van der Waals surface area (Å²) in [5.41, 5.74) is 1.95. The van der Waals surface area contributed by atoms with Crippen molar-refractivity contribution in [3.05, 3.63) is 65.4 Å². The van der Waals surface area contributed by atoms with Gasteiger partial charge in [0.15, 0.2) is 5.13 Å². The smallest absolute Gasteiger partial charge is 0.257 e. The van der Waals surface area contributed by atoms with E-state index in [1.165, 1.54) is 36.1 Å². The zero-order chi connectivity index (χ0) is 26.7. The maximum absolute atomic E-state index is 13.0. The van der Waals surface area contributed by atoms with Crippen molar-refractivity contribution in [1.82, 2.24) is 14.8 Å². The first-order chi connectivity index (χ1) is 17.5. The number of nitrogens with one attached hydrogen (secondary N) is 1. The monoisotopic (exact) mass is 538 g/mol. The summed E-state index contributed by atoms with van der Waals surface area (Å²) in [4.78, 5) is 45.7. The lowest BCUT2D eigenvalue weighted by Crippen LogP contribution is -2.50. The summed E-state index contributed by atoms with van der Waals surface area (Å²) in [6.45, 7) is 9.70. The molecule has 1 saturated heterocycles. The topological polar surface area (TPSA) is 103 Å². The van der Waals surface area contributed by atoms with Gasteiger partial charge < -0.3 is 14.9 Å². The Morgan fingerprint density at radius 1 is 1.00 bits per heavy atom. The van der Waals surface area contributed by atoms with E-state index < -0.39 is 0 Å². The standard InChI is InChI=1S/C27H30N4O4S2/c1-17(32)30-11-13-31(14-12-30)25(35)21-15-20(9-10-22(21)33)36-23-16-28-26(37-23)29-24(34)18-5-7-19(8-6-18)27(2,3)4/h5-10,15-16,33H,11-14H2,1-4H3,(H,28,29,34). The van der Waals surface area contributed by atoms with E-state index in [2.05, 4.69) is 31.1 Å². The second-order valence-electron chi connectivity index (χ2n) is 9.85. The number of amides is 3. The Balaban J connectivity index is 1.40. The molecule has 0 saturated carbocycles. The minimum Gasteiger partial charge on any atom is -0.507 e. The normalized spacial score (nSPS) is 13.9. The molecule has 0 spiro atoms. The van der Waals surface area contributed by atoms with Crippen molar-refractivity contribution in [3.63, 3.8) is 0 Å². The molecule has 2 N–H and O–H groups in total. The van der Waals surface area contributed by atoms with E-state index in [9.17, 15) is 19.5 Å². The predicted molar refractivity (Wildman–Crippen MR) is 146 cm³/mol. The van der Waals surface area contributed by atoms with Gasteiger partial charge in [0.2, 0.25) is 5.91 Å². The zero-order valence-corrected chi connectivity index (χ0v) is 22.9. The van der Waals surface area contributed by atoms with E-state index in [1.807, 2.05) is 24.3 Å². The molecule has 1 fully saturated rings. The number of thiazole rings is 1. The number of aromatic hydroxyl groups is 1. The third-order valence-corrected chi connectivity index (χ3v) is 8.15. The summed E-state index contributed by atoms with van der Waals surface area (Å²) >= 11 is 2.73. The average molecular weight is 539 g/mol. The van der Waals surface area contributed by atoms with Crippen LogP contribution in [0.25, 0.3) is 0 Å². The maximum Gasteiger partial charge on any atom is 0.257 e. The van der Waals surface area contributed by atoms with E-state index in [-0.39, 0.29) is 34.4 Å². The Morgan fingerprint density at radius 2 is 1.65 bits per heavy atom. The summed E-state index contributed by atoms with van der Waals surface area (Å²) in [7, 11) is 0. The summed E-state index contributed by atoms with van der Waals surface area (Å²) in [5.74, 6) is -0.586. The van der Waals surface area contributed by atoms with Crippen LogP contribution in [-0.4, -0.2) is 63.8 Å². The van der Waals surface area contributed by atoms with Gasteiger partial charge in [-0.2, -0.15) is 0 Å². The van der Waals surface area contributed by atoms with Gasteiger partial charge in [0.1, 0.15) is 5.75 Å². The van der Waals surface area contributed by atoms with Crippen molar-refractivity contribution in [3.8, 4) is 5.75 Å². The van der Waals surface area contributed by atoms with Crippen LogP contribution < -0.4 is 5.32 Å². The summed E-state index contributed by atoms with van der Waals surface area (Å²) in [5, 5.41) is 13.7. The van der Waals surface area contributed by atoms with E-state index in [4.69, 9.17) is 0 Å². The molecule has 0 atom stereocenters. The predicted octanol–water partition coefficient (Wildman–Crippen LogP) is 4.85. The first-order valence-electron chi connectivity index (χ1n) is 11.9. The first-order valence-corrected chi connectivity index (χ1v) is 13.6. The molecule has 37 heavy (non-hydrogen) atoms. The van der Waals surface area contributed by atoms with Crippen LogP contribution in [0.15, 0.2) is 57.8 Å². The Kier molecular flexibility index (Phi) is 7.89. The van der Waals surface area contributed by atoms with E-state index in [0.29, 0.717) is 36.9 Å². The van der Waals surface area contributed by atoms with Gasteiger partial charge in [-0.1, -0.05) is 56.0 Å². The molecule has 0 aliphatic carbocycles. The molecular formula is C27H30N4O4S2. The fourth-order valence-electron chi connectivity index (χ4n) is 3.92. The van der Waals surface area contributed by atoms with Crippen molar-refractivity contribution in [2.24, 2.45) is 0 Å². The summed E-state index contributed by atoms with van der Waals surface area (Å²) in [6.07, 6.45) is 1.67. The number of rotatable bonds is 5. The largest absolute Gasteiger partial charge is 0.507 e. The molecule has 1 aliphatic rings. The van der Waals surface area contributed by atoms with E-state index >= 15 is 0 Å². The molecule has 4 rings (SSSR count). The van der Waals surface area contributed by atoms with Crippen LogP contribution >= 0.6 is 23.1 Å². The second-order valence-corrected chi connectivity index (χ2v) is 12.2. The molecule has 0 radical (unpaired) electrons. The molecule has 0 bridgehead atoms. The average Bonchev–Trinajstić information content (AvgIpc) is 3.30. The number of carbonyl (C=O) groups is 3. The highest BCUT2D eigenvalue weighted by molar-refractivity contribution is 8.01. The lowest BCUT2D eigenvalue weighted by molar-refractivity contribution is -0.130. The van der Waals surface area contributed by atoms with Crippen LogP contribution in [0.3, 0.4) is 0 Å². The molecule has 3 amide bonds. The number of hydrogen-bond acceptors (Lipinski definition) is 7. The number of anilines is 1. The van der Waals surface area contributed by atoms with Crippen molar-refractivity contribution >= 4 is 46.0 Å². The molecule has 2 aromatic carbocycles. The van der Waals surface area contributed by atoms with Crippen LogP contribution in [0, 0.1) is 0 Å². The van der Waals surface area contributed by atoms with Crippen molar-refractivity contribution in [2.75, 3.05) is 31.5 Å². The van der Waals surface area contributed by atoms with Gasteiger partial charge >= 0.3 is 0 Å². The quantitative estimate of drug-likeness (QED) is 0.481. The summed E-state index contributed by atoms with van der Waals surface area (Å²) in [6, 6.07) is 12.5. The fourth-order valence-corrected chi connectivity index (χ4v) is 5.80. The van der Waals surface area contributed by atoms with E-state index in [0.717, 1.165) is 14.7 Å². The minimum absolute atomic E-state index is 0.00750. The number of benzene rings is 2. The van der Waals surface area contributed by atoms with Crippen molar-refractivity contribution < 1.29 is 19.5 Å². The number of phenolic OH excluding ortho intramolecular Hbond substituents is 1.